The van der Waals surface area contributed by atoms with Crippen molar-refractivity contribution in [1.29, 1.82) is 0 Å². The average molecular weight is 760 g/mol. The topological polar surface area (TPSA) is 182 Å². The summed E-state index contributed by atoms with van der Waals surface area (Å²) in [6.07, 6.45) is 2.42. The van der Waals surface area contributed by atoms with Crippen LogP contribution in [-0.4, -0.2) is 136 Å². The fourth-order valence-electron chi connectivity index (χ4n) is 12.4. The van der Waals surface area contributed by atoms with Crippen LogP contribution in [0.2, 0.25) is 0 Å². The molecule has 0 saturated carbocycles. The maximum absolute atomic E-state index is 14.0. The molecule has 1 aromatic rings. The van der Waals surface area contributed by atoms with E-state index >= 15 is 0 Å². The fraction of sp³-hybridized carbons (Fsp3) is 0.786. The van der Waals surface area contributed by atoms with Gasteiger partial charge in [-0.25, -0.2) is 14.4 Å². The zero-order valence-corrected chi connectivity index (χ0v) is 35.0. The summed E-state index contributed by atoms with van der Waals surface area (Å²) in [7, 11) is 0. The Morgan fingerprint density at radius 1 is 0.426 bits per heavy atom. The van der Waals surface area contributed by atoms with Gasteiger partial charge >= 0.3 is 17.9 Å². The summed E-state index contributed by atoms with van der Waals surface area (Å²) in [6.45, 7) is 25.4. The van der Waals surface area contributed by atoms with Gasteiger partial charge in [0.1, 0.15) is 0 Å². The molecule has 0 aromatic heterocycles. The van der Waals surface area contributed by atoms with Gasteiger partial charge in [-0.2, -0.15) is 0 Å². The van der Waals surface area contributed by atoms with Crippen LogP contribution in [0.3, 0.4) is 0 Å². The van der Waals surface area contributed by atoms with Crippen molar-refractivity contribution in [3.8, 4) is 0 Å². The fourth-order valence-corrected chi connectivity index (χ4v) is 12.4. The highest BCUT2D eigenvalue weighted by Crippen LogP contribution is 2.55. The molecule has 0 spiro atoms. The molecule has 6 N–H and O–H groups in total. The van der Waals surface area contributed by atoms with Crippen molar-refractivity contribution >= 4 is 17.9 Å². The number of nitrogens with zero attached hydrogens (tertiary/aromatic N) is 3. The zero-order valence-electron chi connectivity index (χ0n) is 35.0. The van der Waals surface area contributed by atoms with Crippen LogP contribution < -0.4 is 0 Å². The van der Waals surface area contributed by atoms with E-state index < -0.39 is 68.9 Å². The molecule has 3 aliphatic rings. The Morgan fingerprint density at radius 2 is 0.593 bits per heavy atom. The van der Waals surface area contributed by atoms with Crippen LogP contribution in [0.1, 0.15) is 187 Å². The van der Waals surface area contributed by atoms with Gasteiger partial charge in [-0.05, 0) is 156 Å². The van der Waals surface area contributed by atoms with Crippen LogP contribution in [0.4, 0.5) is 0 Å². The van der Waals surface area contributed by atoms with Gasteiger partial charge in [0.15, 0.2) is 0 Å². The molecule has 0 radical (unpaired) electrons. The molecule has 0 amide bonds. The third kappa shape index (κ3) is 7.98. The number of hydrogen-bond donors (Lipinski definition) is 6. The summed E-state index contributed by atoms with van der Waals surface area (Å²) in [4.78, 5) is 48.5. The quantitative estimate of drug-likeness (QED) is 0.147. The molecular weight excluding hydrogens is 690 g/mol. The molecule has 3 saturated heterocycles. The van der Waals surface area contributed by atoms with Gasteiger partial charge in [-0.3, -0.25) is 14.7 Å². The number of β-amino-alcohol motifs (C(OH)–C–C–N with tert-alkyl or cyclic N) is 3. The summed E-state index contributed by atoms with van der Waals surface area (Å²) in [5.74, 6) is -5.65. The molecule has 12 nitrogen and oxygen atoms in total. The van der Waals surface area contributed by atoms with Gasteiger partial charge in [-0.1, -0.05) is 0 Å². The summed E-state index contributed by atoms with van der Waals surface area (Å²) in [5.41, 5.74) is -3.38. The zero-order chi connectivity index (χ0) is 41.1. The van der Waals surface area contributed by atoms with Gasteiger partial charge in [0, 0.05) is 52.9 Å². The standard InChI is InChI=1S/C42H69N3O9/c1-37(2)19-25(20-38(3,4)43(37)13-16-46)28-31(34(49)50)29(26-21-39(5,6)44(14-17-47)40(7,8)22-26)33(36(53)54)30(32(28)35(51)52)27-23-41(9,10)45(15-18-48)42(11,12)24-27/h25-27,46-48H,13-24H2,1-12H3,(H,49,50)(H,51,52)(H,53,54). The highest BCUT2D eigenvalue weighted by molar-refractivity contribution is 6.06. The van der Waals surface area contributed by atoms with Gasteiger partial charge in [-0.15, -0.1) is 0 Å². The SMILES string of the molecule is CC1(C)CC(c2c(C(=O)O)c(C3CC(C)(C)N(CCO)C(C)(C)C3)c(C(=O)O)c(C3CC(C)(C)N(CCO)C(C)(C)C3)c2C(=O)O)CC(C)(C)N1CCO. The third-order valence-corrected chi connectivity index (χ3v) is 13.3. The Labute approximate surface area is 322 Å². The largest absolute Gasteiger partial charge is 0.478 e. The Balaban J connectivity index is 2.21. The predicted molar refractivity (Wildman–Crippen MR) is 209 cm³/mol. The van der Waals surface area contributed by atoms with Gasteiger partial charge in [0.05, 0.1) is 36.5 Å². The minimum atomic E-state index is -1.34. The van der Waals surface area contributed by atoms with E-state index in [4.69, 9.17) is 0 Å². The van der Waals surface area contributed by atoms with Crippen LogP contribution >= 0.6 is 0 Å². The number of rotatable bonds is 12. The minimum absolute atomic E-state index is 0.0685. The van der Waals surface area contributed by atoms with Crippen LogP contribution in [-0.2, 0) is 0 Å². The summed E-state index contributed by atoms with van der Waals surface area (Å²) in [6, 6.07) is 0. The Bertz CT molecular complexity index is 1350. The highest BCUT2D eigenvalue weighted by Gasteiger charge is 2.53. The van der Waals surface area contributed by atoms with E-state index in [0.717, 1.165) is 0 Å². The van der Waals surface area contributed by atoms with Crippen molar-refractivity contribution in [1.82, 2.24) is 14.7 Å². The molecule has 0 atom stereocenters. The second kappa shape index (κ2) is 15.0. The second-order valence-corrected chi connectivity index (χ2v) is 20.1. The lowest BCUT2D eigenvalue weighted by Gasteiger charge is -2.57. The Morgan fingerprint density at radius 3 is 0.722 bits per heavy atom. The van der Waals surface area contributed by atoms with Gasteiger partial charge in [0.2, 0.25) is 0 Å². The number of benzene rings is 1. The normalized spacial score (nSPS) is 24.7. The van der Waals surface area contributed by atoms with Crippen molar-refractivity contribution in [3.05, 3.63) is 33.4 Å². The lowest BCUT2D eigenvalue weighted by atomic mass is 9.62. The highest BCUT2D eigenvalue weighted by atomic mass is 16.4. The molecule has 3 fully saturated rings. The van der Waals surface area contributed by atoms with Crippen molar-refractivity contribution < 1.29 is 45.0 Å². The summed E-state index contributed by atoms with van der Waals surface area (Å²) >= 11 is 0. The first-order chi connectivity index (χ1) is 24.6. The number of aliphatic hydroxyl groups is 3. The number of likely N-dealkylation sites (tertiary alicyclic amines) is 3. The van der Waals surface area contributed by atoms with Crippen molar-refractivity contribution in [2.24, 2.45) is 0 Å². The van der Waals surface area contributed by atoms with Crippen molar-refractivity contribution in [3.63, 3.8) is 0 Å². The minimum Gasteiger partial charge on any atom is -0.478 e. The number of hydrogen-bond acceptors (Lipinski definition) is 9. The van der Waals surface area contributed by atoms with Gasteiger partial charge < -0.3 is 30.6 Å². The van der Waals surface area contributed by atoms with Crippen LogP contribution in [0.5, 0.6) is 0 Å². The first-order valence-electron chi connectivity index (χ1n) is 19.7. The Hall–Kier alpha value is -2.61. The van der Waals surface area contributed by atoms with Crippen LogP contribution in [0.25, 0.3) is 0 Å². The van der Waals surface area contributed by atoms with E-state index in [9.17, 15) is 45.0 Å². The number of carbonyl (C=O) groups is 3. The van der Waals surface area contributed by atoms with E-state index in [-0.39, 0.29) is 53.2 Å². The first-order valence-corrected chi connectivity index (χ1v) is 19.7. The van der Waals surface area contributed by atoms with E-state index in [1.165, 1.54) is 0 Å². The lowest BCUT2D eigenvalue weighted by molar-refractivity contribution is -0.0470. The van der Waals surface area contributed by atoms with E-state index in [1.54, 1.807) is 0 Å². The van der Waals surface area contributed by atoms with Crippen molar-refractivity contribution in [2.75, 3.05) is 39.5 Å². The van der Waals surface area contributed by atoms with Crippen LogP contribution in [0.15, 0.2) is 0 Å². The first kappa shape index (κ1) is 44.1. The van der Waals surface area contributed by atoms with E-state index in [0.29, 0.717) is 58.2 Å². The smallest absolute Gasteiger partial charge is 0.336 e. The molecular formula is C42H69N3O9. The Kier molecular flexibility index (Phi) is 12.3. The maximum atomic E-state index is 14.0. The summed E-state index contributed by atoms with van der Waals surface area (Å²) in [5, 5.41) is 64.2. The molecule has 306 valence electrons. The van der Waals surface area contributed by atoms with E-state index in [1.807, 2.05) is 83.1 Å². The van der Waals surface area contributed by atoms with E-state index in [2.05, 4.69) is 14.7 Å². The maximum Gasteiger partial charge on any atom is 0.336 e. The second-order valence-electron chi connectivity index (χ2n) is 20.1. The third-order valence-electron chi connectivity index (χ3n) is 13.3. The molecule has 1 aromatic carbocycles. The van der Waals surface area contributed by atoms with Crippen molar-refractivity contribution in [2.45, 2.75) is 173 Å². The average Bonchev–Trinajstić information content (AvgIpc) is 2.99. The molecule has 54 heavy (non-hydrogen) atoms. The molecule has 0 aliphatic carbocycles. The number of carboxylic acids is 3. The molecule has 0 bridgehead atoms. The molecule has 4 rings (SSSR count). The number of piperidine rings is 3. The molecule has 0 unspecified atom stereocenters. The predicted octanol–water partition coefficient (Wildman–Crippen LogP) is 5.97. The molecule has 3 aliphatic heterocycles. The van der Waals surface area contributed by atoms with Crippen LogP contribution in [0, 0.1) is 0 Å². The van der Waals surface area contributed by atoms with Gasteiger partial charge in [0.25, 0.3) is 0 Å². The number of aromatic carboxylic acids is 3. The molecule has 3 heterocycles. The lowest BCUT2D eigenvalue weighted by Crippen LogP contribution is -2.61. The number of carboxylic acid groups (broad SMARTS) is 3. The summed E-state index contributed by atoms with van der Waals surface area (Å²) < 4.78 is 0. The number of aliphatic hydroxyl groups excluding tert-OH is 3. The monoisotopic (exact) mass is 760 g/mol. The molecule has 12 heteroatoms.